The number of hydrogen-bond acceptors (Lipinski definition) is 3. The summed E-state index contributed by atoms with van der Waals surface area (Å²) in [7, 11) is 0. The fraction of sp³-hybridized carbons (Fsp3) is 0.125. The van der Waals surface area contributed by atoms with Gasteiger partial charge in [0.1, 0.15) is 5.75 Å². The van der Waals surface area contributed by atoms with E-state index in [0.29, 0.717) is 16.3 Å². The topological polar surface area (TPSA) is 67.4 Å². The maximum atomic E-state index is 11.8. The molecule has 2 rings (SSSR count). The smallest absolute Gasteiger partial charge is 0.276 e. The molecule has 0 atom stereocenters. The van der Waals surface area contributed by atoms with Crippen molar-refractivity contribution in [2.75, 3.05) is 6.61 Å². The zero-order chi connectivity index (χ0) is 16.8. The first-order chi connectivity index (χ1) is 11.0. The molecule has 0 heterocycles. The van der Waals surface area contributed by atoms with Crippen LogP contribution in [0.4, 0.5) is 0 Å². The predicted octanol–water partition coefficient (Wildman–Crippen LogP) is 3.25. The van der Waals surface area contributed by atoms with Crippen LogP contribution in [-0.4, -0.2) is 18.4 Å². The number of halogens is 2. The normalized spacial score (nSPS) is 10.0. The first-order valence-electron chi connectivity index (χ1n) is 6.69. The Bertz CT molecular complexity index is 737. The summed E-state index contributed by atoms with van der Waals surface area (Å²) in [6, 6.07) is 11.8. The van der Waals surface area contributed by atoms with Gasteiger partial charge in [0, 0.05) is 15.1 Å². The summed E-state index contributed by atoms with van der Waals surface area (Å²) in [6.07, 6.45) is 0. The fourth-order valence-corrected chi connectivity index (χ4v) is 2.16. The Morgan fingerprint density at radius 1 is 1.17 bits per heavy atom. The van der Waals surface area contributed by atoms with E-state index in [0.717, 1.165) is 10.0 Å². The first-order valence-corrected chi connectivity index (χ1v) is 7.86. The number of carbonyl (C=O) groups is 2. The van der Waals surface area contributed by atoms with Crippen LogP contribution in [0.3, 0.4) is 0 Å². The largest absolute Gasteiger partial charge is 0.484 e. The zero-order valence-electron chi connectivity index (χ0n) is 12.2. The summed E-state index contributed by atoms with van der Waals surface area (Å²) in [4.78, 5) is 23.5. The molecule has 120 valence electrons. The average Bonchev–Trinajstić information content (AvgIpc) is 2.53. The van der Waals surface area contributed by atoms with Crippen molar-refractivity contribution in [1.82, 2.24) is 10.9 Å². The van der Waals surface area contributed by atoms with Crippen molar-refractivity contribution in [1.29, 1.82) is 0 Å². The number of aryl methyl sites for hydroxylation is 1. The molecule has 0 fully saturated rings. The van der Waals surface area contributed by atoms with Crippen molar-refractivity contribution in [3.05, 3.63) is 63.1 Å². The van der Waals surface area contributed by atoms with Crippen molar-refractivity contribution < 1.29 is 14.3 Å². The molecule has 0 aliphatic carbocycles. The summed E-state index contributed by atoms with van der Waals surface area (Å²) in [5, 5.41) is 0.443. The van der Waals surface area contributed by atoms with Crippen LogP contribution >= 0.6 is 27.5 Å². The van der Waals surface area contributed by atoms with Crippen molar-refractivity contribution in [3.63, 3.8) is 0 Å². The summed E-state index contributed by atoms with van der Waals surface area (Å²) in [5.74, 6) is -0.358. The highest BCUT2D eigenvalue weighted by Crippen LogP contribution is 2.21. The van der Waals surface area contributed by atoms with E-state index >= 15 is 0 Å². The van der Waals surface area contributed by atoms with Crippen molar-refractivity contribution >= 4 is 39.3 Å². The highest BCUT2D eigenvalue weighted by Gasteiger charge is 2.08. The Hall–Kier alpha value is -2.05. The molecule has 7 heteroatoms. The number of amides is 2. The number of ether oxygens (including phenoxy) is 1. The number of rotatable bonds is 4. The van der Waals surface area contributed by atoms with E-state index in [1.165, 1.54) is 6.07 Å². The van der Waals surface area contributed by atoms with E-state index in [4.69, 9.17) is 16.3 Å². The van der Waals surface area contributed by atoms with Gasteiger partial charge in [0.15, 0.2) is 6.61 Å². The van der Waals surface area contributed by atoms with Crippen molar-refractivity contribution in [3.8, 4) is 5.75 Å². The van der Waals surface area contributed by atoms with Crippen LogP contribution < -0.4 is 15.6 Å². The predicted molar refractivity (Wildman–Crippen MR) is 91.4 cm³/mol. The molecule has 2 N–H and O–H groups in total. The van der Waals surface area contributed by atoms with Crippen LogP contribution in [0.2, 0.25) is 5.02 Å². The molecule has 0 aromatic heterocycles. The highest BCUT2D eigenvalue weighted by atomic mass is 79.9. The second-order valence-corrected chi connectivity index (χ2v) is 6.00. The lowest BCUT2D eigenvalue weighted by atomic mass is 10.2. The van der Waals surface area contributed by atoms with E-state index in [1.807, 2.05) is 19.1 Å². The number of carbonyl (C=O) groups excluding carboxylic acids is 2. The van der Waals surface area contributed by atoms with E-state index in [2.05, 4.69) is 26.8 Å². The molecule has 2 aromatic rings. The molecule has 5 nitrogen and oxygen atoms in total. The molecule has 0 radical (unpaired) electrons. The molecular weight excluding hydrogens is 384 g/mol. The Labute approximate surface area is 147 Å². The second kappa shape index (κ2) is 7.99. The Kier molecular flexibility index (Phi) is 6.01. The van der Waals surface area contributed by atoms with Gasteiger partial charge >= 0.3 is 0 Å². The molecule has 0 saturated carbocycles. The third kappa shape index (κ3) is 5.26. The number of hydrogen-bond donors (Lipinski definition) is 2. The molecule has 23 heavy (non-hydrogen) atoms. The van der Waals surface area contributed by atoms with E-state index in [1.54, 1.807) is 24.3 Å². The van der Waals surface area contributed by atoms with Gasteiger partial charge in [-0.15, -0.1) is 0 Å². The average molecular weight is 398 g/mol. The Morgan fingerprint density at radius 2 is 1.96 bits per heavy atom. The third-order valence-corrected chi connectivity index (χ3v) is 4.03. The van der Waals surface area contributed by atoms with Gasteiger partial charge < -0.3 is 4.74 Å². The van der Waals surface area contributed by atoms with Crippen LogP contribution in [0.25, 0.3) is 0 Å². The minimum Gasteiger partial charge on any atom is -0.484 e. The minimum atomic E-state index is -0.471. The van der Waals surface area contributed by atoms with Gasteiger partial charge in [-0.25, -0.2) is 0 Å². The molecular formula is C16H14BrClN2O3. The van der Waals surface area contributed by atoms with Gasteiger partial charge in [-0.05, 0) is 48.9 Å². The van der Waals surface area contributed by atoms with Gasteiger partial charge in [-0.1, -0.05) is 33.6 Å². The molecule has 0 unspecified atom stereocenters. The Balaban J connectivity index is 1.81. The van der Waals surface area contributed by atoms with E-state index < -0.39 is 11.8 Å². The van der Waals surface area contributed by atoms with Gasteiger partial charge in [-0.3, -0.25) is 20.4 Å². The van der Waals surface area contributed by atoms with Crippen LogP contribution in [-0.2, 0) is 4.79 Å². The van der Waals surface area contributed by atoms with Crippen LogP contribution in [0.1, 0.15) is 15.9 Å². The summed E-state index contributed by atoms with van der Waals surface area (Å²) in [5.41, 5.74) is 5.93. The van der Waals surface area contributed by atoms with Crippen LogP contribution in [0, 0.1) is 6.92 Å². The highest BCUT2D eigenvalue weighted by molar-refractivity contribution is 9.10. The van der Waals surface area contributed by atoms with Gasteiger partial charge in [-0.2, -0.15) is 0 Å². The molecule has 0 spiro atoms. The van der Waals surface area contributed by atoms with Crippen molar-refractivity contribution in [2.45, 2.75) is 6.92 Å². The standard InChI is InChI=1S/C16H14BrClN2O3/c1-10-7-13(5-6-14(10)17)23-9-15(21)19-20-16(22)11-3-2-4-12(18)8-11/h2-8H,9H2,1H3,(H,19,21)(H,20,22). The lowest BCUT2D eigenvalue weighted by Gasteiger charge is -2.09. The number of benzene rings is 2. The third-order valence-electron chi connectivity index (χ3n) is 2.90. The maximum Gasteiger partial charge on any atom is 0.276 e. The minimum absolute atomic E-state index is 0.211. The second-order valence-electron chi connectivity index (χ2n) is 4.71. The number of nitrogens with one attached hydrogen (secondary N) is 2. The molecule has 0 bridgehead atoms. The summed E-state index contributed by atoms with van der Waals surface area (Å²) >= 11 is 9.19. The molecule has 2 amide bonds. The van der Waals surface area contributed by atoms with Gasteiger partial charge in [0.05, 0.1) is 0 Å². The fourth-order valence-electron chi connectivity index (χ4n) is 1.72. The SMILES string of the molecule is Cc1cc(OCC(=O)NNC(=O)c2cccc(Cl)c2)ccc1Br. The zero-order valence-corrected chi connectivity index (χ0v) is 14.6. The maximum absolute atomic E-state index is 11.8. The first kappa shape index (κ1) is 17.3. The molecule has 2 aromatic carbocycles. The van der Waals surface area contributed by atoms with Gasteiger partial charge in [0.2, 0.25) is 0 Å². The van der Waals surface area contributed by atoms with Crippen molar-refractivity contribution in [2.24, 2.45) is 0 Å². The molecule has 0 saturated heterocycles. The lowest BCUT2D eigenvalue weighted by molar-refractivity contribution is -0.123. The molecule has 0 aliphatic rings. The van der Waals surface area contributed by atoms with E-state index in [-0.39, 0.29) is 6.61 Å². The van der Waals surface area contributed by atoms with Crippen LogP contribution in [0.15, 0.2) is 46.9 Å². The summed E-state index contributed by atoms with van der Waals surface area (Å²) in [6.45, 7) is 1.71. The lowest BCUT2D eigenvalue weighted by Crippen LogP contribution is -2.43. The number of hydrazine groups is 1. The van der Waals surface area contributed by atoms with Gasteiger partial charge in [0.25, 0.3) is 11.8 Å². The van der Waals surface area contributed by atoms with Crippen LogP contribution in [0.5, 0.6) is 5.75 Å². The Morgan fingerprint density at radius 3 is 2.65 bits per heavy atom. The molecule has 0 aliphatic heterocycles. The summed E-state index contributed by atoms with van der Waals surface area (Å²) < 4.78 is 6.32. The quantitative estimate of drug-likeness (QED) is 0.778. The van der Waals surface area contributed by atoms with E-state index in [9.17, 15) is 9.59 Å². The monoisotopic (exact) mass is 396 g/mol.